The summed E-state index contributed by atoms with van der Waals surface area (Å²) in [7, 11) is 0. The molecule has 0 aromatic heterocycles. The Morgan fingerprint density at radius 2 is 1.56 bits per heavy atom. The van der Waals surface area contributed by atoms with Gasteiger partial charge in [0.05, 0.1) is 18.8 Å². The smallest absolute Gasteiger partial charge is 0.503 e. The topological polar surface area (TPSA) is 163 Å². The van der Waals surface area contributed by atoms with Gasteiger partial charge in [0.15, 0.2) is 0 Å². The summed E-state index contributed by atoms with van der Waals surface area (Å²) in [4.78, 5) is 20.7. The zero-order chi connectivity index (χ0) is 26.3. The predicted octanol–water partition coefficient (Wildman–Crippen LogP) is 3.30. The van der Waals surface area contributed by atoms with Crippen LogP contribution in [0.3, 0.4) is 0 Å². The summed E-state index contributed by atoms with van der Waals surface area (Å²) >= 11 is 0. The van der Waals surface area contributed by atoms with Crippen molar-refractivity contribution in [3.63, 3.8) is 0 Å². The monoisotopic (exact) mass is 504 g/mol. The van der Waals surface area contributed by atoms with E-state index in [-0.39, 0.29) is 11.9 Å². The van der Waals surface area contributed by atoms with E-state index < -0.39 is 30.4 Å². The van der Waals surface area contributed by atoms with E-state index >= 15 is 0 Å². The van der Waals surface area contributed by atoms with Gasteiger partial charge in [-0.15, -0.1) is 0 Å². The van der Waals surface area contributed by atoms with E-state index in [0.717, 1.165) is 24.2 Å². The first-order valence-corrected chi connectivity index (χ1v) is 11.5. The van der Waals surface area contributed by atoms with Gasteiger partial charge in [-0.05, 0) is 48.7 Å². The lowest BCUT2D eigenvalue weighted by Crippen LogP contribution is -2.48. The molecule has 196 valence electrons. The quantitative estimate of drug-likeness (QED) is 0.184. The number of hydrogen-bond acceptors (Lipinski definition) is 8. The van der Waals surface area contributed by atoms with Gasteiger partial charge in [-0.2, -0.15) is 0 Å². The number of phenolic OH excluding ortho intramolecular Hbond substituents is 1. The molecule has 0 heterocycles. The van der Waals surface area contributed by atoms with Crippen LogP contribution in [-0.2, 0) is 14.3 Å². The summed E-state index contributed by atoms with van der Waals surface area (Å²) in [6.07, 6.45) is -0.119. The van der Waals surface area contributed by atoms with Gasteiger partial charge in [0.1, 0.15) is 23.7 Å². The van der Waals surface area contributed by atoms with Crippen LogP contribution in [-0.4, -0.2) is 75.3 Å². The molecule has 10 heteroatoms. The lowest BCUT2D eigenvalue weighted by molar-refractivity contribution is -0.170. The van der Waals surface area contributed by atoms with Crippen molar-refractivity contribution in [3.05, 3.63) is 66.2 Å². The third-order valence-electron chi connectivity index (χ3n) is 5.25. The number of unbranched alkanes of at least 4 members (excludes halogenated alkanes) is 1. The molecular weight excluding hydrogens is 472 g/mol. The summed E-state index contributed by atoms with van der Waals surface area (Å²) < 4.78 is 16.9. The normalized spacial score (nSPS) is 21.3. The van der Waals surface area contributed by atoms with Gasteiger partial charge in [-0.25, -0.2) is 9.59 Å². The Bertz CT molecular complexity index is 941. The molecular formula is C26H32O10. The van der Waals surface area contributed by atoms with E-state index in [4.69, 9.17) is 29.2 Å². The van der Waals surface area contributed by atoms with Crippen molar-refractivity contribution >= 4 is 18.2 Å². The number of hydrogen-bond donors (Lipinski definition) is 5. The second-order valence-electron chi connectivity index (χ2n) is 8.07. The molecule has 1 aliphatic carbocycles. The lowest BCUT2D eigenvalue weighted by atomic mass is 9.89. The van der Waals surface area contributed by atoms with E-state index in [0.29, 0.717) is 26.1 Å². The van der Waals surface area contributed by atoms with Crippen molar-refractivity contribution in [3.8, 4) is 11.5 Å². The maximum Gasteiger partial charge on any atom is 0.503 e. The van der Waals surface area contributed by atoms with E-state index in [9.17, 15) is 20.1 Å². The summed E-state index contributed by atoms with van der Waals surface area (Å²) in [5.74, 6) is 0.355. The second kappa shape index (κ2) is 15.4. The Hall–Kier alpha value is -3.60. The van der Waals surface area contributed by atoms with Crippen LogP contribution in [0.2, 0.25) is 0 Å². The first-order valence-electron chi connectivity index (χ1n) is 11.5. The Kier molecular flexibility index (Phi) is 12.3. The number of carbonyl (C=O) groups is 2. The molecule has 4 atom stereocenters. The number of carboxylic acid groups (broad SMARTS) is 2. The zero-order valence-corrected chi connectivity index (χ0v) is 19.7. The van der Waals surface area contributed by atoms with Crippen LogP contribution in [0.25, 0.3) is 6.08 Å². The number of aliphatic hydroxyl groups excluding tert-OH is 2. The number of esters is 1. The van der Waals surface area contributed by atoms with Crippen LogP contribution in [0.4, 0.5) is 4.79 Å². The van der Waals surface area contributed by atoms with Gasteiger partial charge in [-0.3, -0.25) is 0 Å². The van der Waals surface area contributed by atoms with E-state index in [1.165, 1.54) is 18.2 Å². The molecule has 0 bridgehead atoms. The highest BCUT2D eigenvalue weighted by Gasteiger charge is 2.38. The highest BCUT2D eigenvalue weighted by Crippen LogP contribution is 2.25. The summed E-state index contributed by atoms with van der Waals surface area (Å²) in [5.41, 5.74) is 0.724. The molecule has 0 saturated heterocycles. The zero-order valence-electron chi connectivity index (χ0n) is 19.7. The Morgan fingerprint density at radius 3 is 2.22 bits per heavy atom. The molecule has 0 unspecified atom stereocenters. The van der Waals surface area contributed by atoms with Gasteiger partial charge < -0.3 is 39.7 Å². The minimum atomic E-state index is -1.83. The van der Waals surface area contributed by atoms with Gasteiger partial charge in [0, 0.05) is 25.5 Å². The fourth-order valence-electron chi connectivity index (χ4n) is 3.50. The lowest BCUT2D eigenvalue weighted by Gasteiger charge is -2.36. The molecule has 0 aliphatic heterocycles. The molecule has 0 radical (unpaired) electrons. The van der Waals surface area contributed by atoms with E-state index in [1.807, 2.05) is 30.3 Å². The van der Waals surface area contributed by atoms with Crippen molar-refractivity contribution < 1.29 is 49.3 Å². The average molecular weight is 505 g/mol. The van der Waals surface area contributed by atoms with Crippen molar-refractivity contribution in [1.82, 2.24) is 0 Å². The minimum Gasteiger partial charge on any atom is -0.508 e. The second-order valence-corrected chi connectivity index (χ2v) is 8.07. The maximum absolute atomic E-state index is 12.2. The number of aromatic hydroxyl groups is 1. The number of phenols is 1. The number of aliphatic hydroxyl groups is 2. The predicted molar refractivity (Wildman–Crippen MR) is 130 cm³/mol. The van der Waals surface area contributed by atoms with Crippen LogP contribution in [0.5, 0.6) is 11.5 Å². The summed E-state index contributed by atoms with van der Waals surface area (Å²) in [5, 5.41) is 43.6. The number of ether oxygens (including phenoxy) is 3. The molecule has 3 rings (SSSR count). The SMILES string of the molecule is O=C(/C=C/c1ccc(O)cc1)O[C@@H]1C[C@@H](OCCCCOc2ccccc2)C[C@H](O)[C@H]1O.O=C(O)O. The van der Waals surface area contributed by atoms with Crippen LogP contribution < -0.4 is 4.74 Å². The molecule has 1 saturated carbocycles. The molecule has 1 aliphatic rings. The van der Waals surface area contributed by atoms with Crippen LogP contribution >= 0.6 is 0 Å². The minimum absolute atomic E-state index is 0.138. The Labute approximate surface area is 209 Å². The number of para-hydroxylation sites is 1. The standard InChI is InChI=1S/C25H30O7.CH2O3/c26-19-11-8-18(9-12-19)10-13-24(28)32-23-17-21(16-22(27)25(23)29)31-15-5-4-14-30-20-6-2-1-3-7-20;2-1(3)4/h1-3,6-13,21-23,25-27,29H,4-5,14-17H2;(H2,2,3,4)/b13-10+;/t21-,22-,23+,25+;/m0./s1. The highest BCUT2D eigenvalue weighted by molar-refractivity contribution is 5.87. The van der Waals surface area contributed by atoms with Crippen molar-refractivity contribution in [2.75, 3.05) is 13.2 Å². The third kappa shape index (κ3) is 11.2. The Balaban J connectivity index is 0.00000106. The summed E-state index contributed by atoms with van der Waals surface area (Å²) in [6, 6.07) is 16.0. The van der Waals surface area contributed by atoms with E-state index in [2.05, 4.69) is 0 Å². The number of benzene rings is 2. The van der Waals surface area contributed by atoms with Crippen molar-refractivity contribution in [2.45, 2.75) is 50.1 Å². The maximum atomic E-state index is 12.2. The van der Waals surface area contributed by atoms with Crippen molar-refractivity contribution in [2.24, 2.45) is 0 Å². The van der Waals surface area contributed by atoms with Crippen LogP contribution in [0.15, 0.2) is 60.7 Å². The average Bonchev–Trinajstić information content (AvgIpc) is 2.84. The molecule has 0 amide bonds. The fourth-order valence-corrected chi connectivity index (χ4v) is 3.50. The molecule has 36 heavy (non-hydrogen) atoms. The van der Waals surface area contributed by atoms with Crippen molar-refractivity contribution in [1.29, 1.82) is 0 Å². The first-order chi connectivity index (χ1) is 17.2. The first kappa shape index (κ1) is 28.6. The van der Waals surface area contributed by atoms with Crippen LogP contribution in [0.1, 0.15) is 31.2 Å². The molecule has 10 nitrogen and oxygen atoms in total. The number of rotatable bonds is 10. The van der Waals surface area contributed by atoms with Crippen LogP contribution in [0, 0.1) is 0 Å². The molecule has 2 aromatic rings. The van der Waals surface area contributed by atoms with Gasteiger partial charge >= 0.3 is 12.1 Å². The molecule has 0 spiro atoms. The largest absolute Gasteiger partial charge is 0.508 e. The molecule has 1 fully saturated rings. The van der Waals surface area contributed by atoms with E-state index in [1.54, 1.807) is 18.2 Å². The van der Waals surface area contributed by atoms with Gasteiger partial charge in [-0.1, -0.05) is 30.3 Å². The van der Waals surface area contributed by atoms with Gasteiger partial charge in [0.2, 0.25) is 0 Å². The third-order valence-corrected chi connectivity index (χ3v) is 5.25. The molecule has 2 aromatic carbocycles. The van der Waals surface area contributed by atoms with Gasteiger partial charge in [0.25, 0.3) is 0 Å². The molecule has 5 N–H and O–H groups in total. The summed E-state index contributed by atoms with van der Waals surface area (Å²) in [6.45, 7) is 1.08. The number of carbonyl (C=O) groups excluding carboxylic acids is 1. The Morgan fingerprint density at radius 1 is 0.917 bits per heavy atom. The fraction of sp³-hybridized carbons (Fsp3) is 0.385. The highest BCUT2D eigenvalue weighted by atomic mass is 16.6.